The molecule has 248 valence electrons. The van der Waals surface area contributed by atoms with Crippen molar-refractivity contribution in [2.45, 2.75) is 78.9 Å². The molecule has 0 radical (unpaired) electrons. The maximum Gasteiger partial charge on any atom is 0.419 e. The highest BCUT2D eigenvalue weighted by Gasteiger charge is 2.39. The number of hydrogen-bond acceptors (Lipinski definition) is 10. The Morgan fingerprint density at radius 2 is 1.51 bits per heavy atom. The van der Waals surface area contributed by atoms with Gasteiger partial charge in [-0.15, -0.1) is 0 Å². The van der Waals surface area contributed by atoms with Crippen LogP contribution in [0.25, 0.3) is 10.9 Å². The zero-order chi connectivity index (χ0) is 34.1. The number of rotatable bonds is 12. The Balaban J connectivity index is 2.75. The monoisotopic (exact) mass is 630 g/mol. The third-order valence-corrected chi connectivity index (χ3v) is 6.91. The molecule has 0 saturated heterocycles. The normalized spacial score (nSPS) is 12.8. The highest BCUT2D eigenvalue weighted by molar-refractivity contribution is 5.97. The number of alkyl carbamates (subject to hydrolysis) is 1. The van der Waals surface area contributed by atoms with Gasteiger partial charge in [-0.3, -0.25) is 14.4 Å². The van der Waals surface area contributed by atoms with Gasteiger partial charge >= 0.3 is 24.1 Å². The number of amides is 1. The quantitative estimate of drug-likeness (QED) is 0.110. The molecular weight excluding hydrogens is 584 g/mol. The van der Waals surface area contributed by atoms with Crippen molar-refractivity contribution in [2.75, 3.05) is 27.9 Å². The van der Waals surface area contributed by atoms with Gasteiger partial charge < -0.3 is 29.0 Å². The lowest BCUT2D eigenvalue weighted by Crippen LogP contribution is -2.35. The first-order chi connectivity index (χ1) is 21.0. The Morgan fingerprint density at radius 3 is 2.00 bits per heavy atom. The van der Waals surface area contributed by atoms with Crippen LogP contribution in [0.2, 0.25) is 0 Å². The highest BCUT2D eigenvalue weighted by atomic mass is 16.6. The zero-order valence-electron chi connectivity index (χ0n) is 27.9. The van der Waals surface area contributed by atoms with Crippen molar-refractivity contribution in [3.8, 4) is 5.75 Å². The van der Waals surface area contributed by atoms with Crippen molar-refractivity contribution in [3.63, 3.8) is 0 Å². The molecule has 1 aromatic carbocycles. The largest absolute Gasteiger partial charge is 0.497 e. The minimum atomic E-state index is -1.42. The number of hydrogen-bond donors (Lipinski definition) is 1. The summed E-state index contributed by atoms with van der Waals surface area (Å²) in [6, 6.07) is 5.24. The first kappa shape index (κ1) is 36.8. The van der Waals surface area contributed by atoms with Gasteiger partial charge in [0.25, 0.3) is 0 Å². The van der Waals surface area contributed by atoms with Crippen LogP contribution in [0, 0.1) is 11.8 Å². The third-order valence-electron chi connectivity index (χ3n) is 6.91. The minimum absolute atomic E-state index is 0.0794. The van der Waals surface area contributed by atoms with Gasteiger partial charge in [-0.2, -0.15) is 0 Å². The number of esters is 2. The van der Waals surface area contributed by atoms with E-state index in [0.29, 0.717) is 34.2 Å². The van der Waals surface area contributed by atoms with E-state index in [9.17, 15) is 24.0 Å². The molecule has 1 amide bonds. The number of allylic oxidation sites excluding steroid dienone is 2. The number of aldehydes is 1. The predicted molar refractivity (Wildman–Crippen MR) is 167 cm³/mol. The third kappa shape index (κ3) is 9.82. The van der Waals surface area contributed by atoms with E-state index in [1.54, 1.807) is 66.7 Å². The minimum Gasteiger partial charge on any atom is -0.497 e. The van der Waals surface area contributed by atoms with Crippen molar-refractivity contribution in [1.82, 2.24) is 9.88 Å². The molecule has 0 aliphatic carbocycles. The molecule has 0 saturated carbocycles. The number of nitrogens with one attached hydrogen (secondary N) is 1. The summed E-state index contributed by atoms with van der Waals surface area (Å²) < 4.78 is 27.9. The topological polar surface area (TPSA) is 148 Å². The first-order valence-electron chi connectivity index (χ1n) is 14.7. The molecule has 0 fully saturated rings. The number of methoxy groups -OCH3 is 3. The standard InChI is InChI=1S/C33H46N2O10/c1-11-20(19-36)22(27(28(37)42-9)29(38)43-10)13-15-25-23(16-17-34-30(39)44-32(2,3)4)24-18-21(41-8)12-14-26(24)35(25)31(40)45-33(5,6)7/h11-12,14,18-19,22,27H,13,15-17H2,1-10H3,(H,34,39)/b20-11-/t22-/m0/s1. The summed E-state index contributed by atoms with van der Waals surface area (Å²) in [5.41, 5.74) is 0.426. The Labute approximate surface area is 264 Å². The number of ether oxygens (including phenoxy) is 5. The maximum absolute atomic E-state index is 13.7. The molecule has 0 aliphatic rings. The second-order valence-electron chi connectivity index (χ2n) is 12.4. The second kappa shape index (κ2) is 15.6. The molecule has 0 unspecified atom stereocenters. The van der Waals surface area contributed by atoms with Crippen LogP contribution in [0.15, 0.2) is 29.8 Å². The fraction of sp³-hybridized carbons (Fsp3) is 0.545. The predicted octanol–water partition coefficient (Wildman–Crippen LogP) is 5.16. The molecule has 0 bridgehead atoms. The Bertz CT molecular complexity index is 1410. The summed E-state index contributed by atoms with van der Waals surface area (Å²) >= 11 is 0. The average molecular weight is 631 g/mol. The fourth-order valence-corrected chi connectivity index (χ4v) is 5.04. The van der Waals surface area contributed by atoms with Crippen LogP contribution in [-0.4, -0.2) is 74.1 Å². The maximum atomic E-state index is 13.7. The van der Waals surface area contributed by atoms with Gasteiger partial charge in [-0.25, -0.2) is 14.2 Å². The summed E-state index contributed by atoms with van der Waals surface area (Å²) in [5.74, 6) is -3.52. The van der Waals surface area contributed by atoms with Gasteiger partial charge in [0.15, 0.2) is 5.92 Å². The average Bonchev–Trinajstić information content (AvgIpc) is 3.26. The summed E-state index contributed by atoms with van der Waals surface area (Å²) in [4.78, 5) is 63.9. The molecule has 2 rings (SSSR count). The second-order valence-corrected chi connectivity index (χ2v) is 12.4. The molecule has 1 aromatic heterocycles. The van der Waals surface area contributed by atoms with Crippen molar-refractivity contribution < 1.29 is 47.7 Å². The van der Waals surface area contributed by atoms with Gasteiger partial charge in [0, 0.05) is 23.5 Å². The number of aromatic nitrogens is 1. The molecule has 12 heteroatoms. The molecule has 1 N–H and O–H groups in total. The van der Waals surface area contributed by atoms with Crippen molar-refractivity contribution in [1.29, 1.82) is 0 Å². The van der Waals surface area contributed by atoms with Crippen LogP contribution >= 0.6 is 0 Å². The van der Waals surface area contributed by atoms with Crippen LogP contribution in [0.3, 0.4) is 0 Å². The van der Waals surface area contributed by atoms with Gasteiger partial charge in [0.2, 0.25) is 0 Å². The fourth-order valence-electron chi connectivity index (χ4n) is 5.04. The number of benzene rings is 1. The van der Waals surface area contributed by atoms with Crippen LogP contribution in [0.1, 0.15) is 66.1 Å². The van der Waals surface area contributed by atoms with E-state index < -0.39 is 47.2 Å². The lowest BCUT2D eigenvalue weighted by atomic mass is 9.81. The smallest absolute Gasteiger partial charge is 0.419 e. The van der Waals surface area contributed by atoms with E-state index in [1.165, 1.54) is 17.8 Å². The summed E-state index contributed by atoms with van der Waals surface area (Å²) in [6.45, 7) is 12.3. The van der Waals surface area contributed by atoms with E-state index in [1.807, 2.05) is 0 Å². The molecule has 1 atom stereocenters. The van der Waals surface area contributed by atoms with Crippen LogP contribution in [0.4, 0.5) is 9.59 Å². The van der Waals surface area contributed by atoms with Gasteiger partial charge in [-0.1, -0.05) is 6.08 Å². The Morgan fingerprint density at radius 1 is 0.911 bits per heavy atom. The van der Waals surface area contributed by atoms with Crippen molar-refractivity contribution in [3.05, 3.63) is 41.1 Å². The number of fused-ring (bicyclic) bond motifs is 1. The first-order valence-corrected chi connectivity index (χ1v) is 14.7. The number of carbonyl (C=O) groups is 5. The summed E-state index contributed by atoms with van der Waals surface area (Å²) in [7, 11) is 3.82. The van der Waals surface area contributed by atoms with Crippen LogP contribution in [-0.2, 0) is 46.2 Å². The zero-order valence-corrected chi connectivity index (χ0v) is 27.9. The molecule has 2 aromatic rings. The van der Waals surface area contributed by atoms with Crippen molar-refractivity contribution >= 4 is 41.3 Å². The highest BCUT2D eigenvalue weighted by Crippen LogP contribution is 2.34. The van der Waals surface area contributed by atoms with E-state index in [-0.39, 0.29) is 31.4 Å². The molecule has 1 heterocycles. The van der Waals surface area contributed by atoms with Crippen LogP contribution in [0.5, 0.6) is 5.75 Å². The van der Waals surface area contributed by atoms with E-state index in [2.05, 4.69) is 5.32 Å². The lowest BCUT2D eigenvalue weighted by molar-refractivity contribution is -0.161. The molecule has 0 spiro atoms. The number of carbonyl (C=O) groups excluding carboxylic acids is 5. The molecular formula is C33H46N2O10. The SMILES string of the molecule is C/C=C(/C=O)[C@H](CCc1c(CCNC(=O)OC(C)(C)C)c2cc(OC)ccc2n1C(=O)OC(C)(C)C)C(C(=O)OC)C(=O)OC. The molecule has 0 aliphatic heterocycles. The van der Waals surface area contributed by atoms with Gasteiger partial charge in [0.05, 0.1) is 26.8 Å². The molecule has 45 heavy (non-hydrogen) atoms. The van der Waals surface area contributed by atoms with E-state index >= 15 is 0 Å². The van der Waals surface area contributed by atoms with Crippen molar-refractivity contribution in [2.24, 2.45) is 11.8 Å². The van der Waals surface area contributed by atoms with Gasteiger partial charge in [0.1, 0.15) is 23.2 Å². The Kier molecular flexibility index (Phi) is 12.8. The van der Waals surface area contributed by atoms with Gasteiger partial charge in [-0.05, 0) is 97.1 Å². The Hall–Kier alpha value is -4.35. The van der Waals surface area contributed by atoms with E-state index in [0.717, 1.165) is 14.2 Å². The van der Waals surface area contributed by atoms with Crippen LogP contribution < -0.4 is 10.1 Å². The number of nitrogens with zero attached hydrogens (tertiary/aromatic N) is 1. The molecule has 12 nitrogen and oxygen atoms in total. The lowest BCUT2D eigenvalue weighted by Gasteiger charge is -2.25. The summed E-state index contributed by atoms with van der Waals surface area (Å²) in [5, 5.41) is 3.43. The summed E-state index contributed by atoms with van der Waals surface area (Å²) in [6.07, 6.45) is 1.35. The van der Waals surface area contributed by atoms with E-state index in [4.69, 9.17) is 23.7 Å².